The van der Waals surface area contributed by atoms with Gasteiger partial charge in [0.2, 0.25) is 5.91 Å². The van der Waals surface area contributed by atoms with Gasteiger partial charge in [-0.3, -0.25) is 9.59 Å². The zero-order chi connectivity index (χ0) is 27.9. The number of carbonyl (C=O) groups excluding carboxylic acids is 2. The van der Waals surface area contributed by atoms with Gasteiger partial charge in [0.15, 0.2) is 5.78 Å². The monoisotopic (exact) mass is 549 g/mol. The number of hydrogen-bond donors (Lipinski definition) is 2. The van der Waals surface area contributed by atoms with E-state index in [1.165, 1.54) is 17.3 Å². The molecule has 1 aliphatic heterocycles. The zero-order valence-corrected chi connectivity index (χ0v) is 23.2. The van der Waals surface area contributed by atoms with Gasteiger partial charge >= 0.3 is 0 Å². The molecule has 0 saturated carbocycles. The summed E-state index contributed by atoms with van der Waals surface area (Å²) in [4.78, 5) is 25.8. The molecule has 3 aromatic rings. The van der Waals surface area contributed by atoms with E-state index in [0.717, 1.165) is 41.8 Å². The van der Waals surface area contributed by atoms with E-state index in [9.17, 15) is 14.9 Å². The molecule has 7 heteroatoms. The van der Waals surface area contributed by atoms with Crippen molar-refractivity contribution in [2.24, 2.45) is 0 Å². The number of aryl methyl sites for hydroxylation is 1. The maximum Gasteiger partial charge on any atom is 0.234 e. The van der Waals surface area contributed by atoms with Crippen LogP contribution in [0.5, 0.6) is 5.75 Å². The number of carbonyl (C=O) groups is 2. The highest BCUT2D eigenvalue weighted by molar-refractivity contribution is 8.03. The molecule has 1 aliphatic carbocycles. The number of dihydropyridines is 1. The van der Waals surface area contributed by atoms with Crippen molar-refractivity contribution in [1.82, 2.24) is 5.32 Å². The topological polar surface area (TPSA) is 91.2 Å². The number of benzene rings is 3. The van der Waals surface area contributed by atoms with E-state index < -0.39 is 5.92 Å². The van der Waals surface area contributed by atoms with E-state index in [-0.39, 0.29) is 17.4 Å². The fourth-order valence-electron chi connectivity index (χ4n) is 5.03. The maximum absolute atomic E-state index is 13.1. The molecule has 1 amide bonds. The fourth-order valence-corrected chi connectivity index (χ4v) is 5.89. The largest absolute Gasteiger partial charge is 0.489 e. The van der Waals surface area contributed by atoms with Gasteiger partial charge in [-0.15, -0.1) is 0 Å². The first-order valence-electron chi connectivity index (χ1n) is 13.5. The second-order valence-electron chi connectivity index (χ2n) is 9.81. The third kappa shape index (κ3) is 6.30. The number of amides is 1. The van der Waals surface area contributed by atoms with Crippen molar-refractivity contribution < 1.29 is 14.3 Å². The van der Waals surface area contributed by atoms with E-state index >= 15 is 0 Å². The number of ketones is 1. The van der Waals surface area contributed by atoms with Crippen molar-refractivity contribution in [2.75, 3.05) is 11.1 Å². The average Bonchev–Trinajstić information content (AvgIpc) is 2.99. The summed E-state index contributed by atoms with van der Waals surface area (Å²) in [6.07, 6.45) is 2.90. The van der Waals surface area contributed by atoms with E-state index in [2.05, 4.69) is 23.6 Å². The van der Waals surface area contributed by atoms with Crippen molar-refractivity contribution in [3.8, 4) is 11.8 Å². The Morgan fingerprint density at radius 3 is 2.48 bits per heavy atom. The molecular formula is C33H31N3O3S. The number of allylic oxidation sites excluding steroid dienone is 3. The number of Topliss-reactive ketones (excluding diaryl/α,β-unsaturated/α-hetero) is 1. The van der Waals surface area contributed by atoms with Crippen LogP contribution in [0.1, 0.15) is 48.8 Å². The number of rotatable bonds is 9. The summed E-state index contributed by atoms with van der Waals surface area (Å²) in [5.74, 6) is 0.277. The molecule has 0 radical (unpaired) electrons. The number of hydrogen-bond acceptors (Lipinski definition) is 6. The van der Waals surface area contributed by atoms with Gasteiger partial charge in [0.25, 0.3) is 0 Å². The van der Waals surface area contributed by atoms with Crippen LogP contribution >= 0.6 is 11.8 Å². The smallest absolute Gasteiger partial charge is 0.234 e. The molecule has 0 unspecified atom stereocenters. The van der Waals surface area contributed by atoms with Crippen molar-refractivity contribution in [2.45, 2.75) is 45.1 Å². The average molecular weight is 550 g/mol. The SMILES string of the molecule is CCc1ccc(NC(=O)CSC2=C(C#N)[C@@H](c3ccc(OCc4ccccc4)cc3)C3=C(CCCC3=O)N2)cc1. The number of anilines is 1. The van der Waals surface area contributed by atoms with Crippen LogP contribution in [0.4, 0.5) is 5.69 Å². The lowest BCUT2D eigenvalue weighted by molar-refractivity contribution is -0.116. The predicted octanol–water partition coefficient (Wildman–Crippen LogP) is 6.63. The van der Waals surface area contributed by atoms with Gasteiger partial charge in [-0.25, -0.2) is 0 Å². The molecule has 0 bridgehead atoms. The lowest BCUT2D eigenvalue weighted by Gasteiger charge is -2.33. The third-order valence-electron chi connectivity index (χ3n) is 7.12. The normalized spacial score (nSPS) is 16.6. The minimum atomic E-state index is -0.482. The van der Waals surface area contributed by atoms with Crippen LogP contribution in [0.25, 0.3) is 0 Å². The van der Waals surface area contributed by atoms with Crippen molar-refractivity contribution in [1.29, 1.82) is 5.26 Å². The van der Waals surface area contributed by atoms with Gasteiger partial charge < -0.3 is 15.4 Å². The molecule has 1 heterocycles. The highest BCUT2D eigenvalue weighted by Crippen LogP contribution is 2.44. The summed E-state index contributed by atoms with van der Waals surface area (Å²) >= 11 is 1.29. The lowest BCUT2D eigenvalue weighted by Crippen LogP contribution is -2.31. The standard InChI is InChI=1S/C33H31N3O3S/c1-2-22-11-15-25(16-12-22)35-30(38)21-40-33-27(19-34)31(32-28(36-33)9-6-10-29(32)37)24-13-17-26(18-14-24)39-20-23-7-4-3-5-8-23/h3-5,7-8,11-18,31,36H,2,6,9-10,20-21H2,1H3,(H,35,38)/t31-/m1/s1. The van der Waals surface area contributed by atoms with Gasteiger partial charge in [-0.2, -0.15) is 5.26 Å². The Hall–Kier alpha value is -4.28. The Balaban J connectivity index is 1.35. The Morgan fingerprint density at radius 1 is 1.02 bits per heavy atom. The molecular weight excluding hydrogens is 518 g/mol. The molecule has 0 fully saturated rings. The van der Waals surface area contributed by atoms with Gasteiger partial charge in [0, 0.05) is 23.4 Å². The fraction of sp³-hybridized carbons (Fsp3) is 0.242. The summed E-state index contributed by atoms with van der Waals surface area (Å²) in [6.45, 7) is 2.54. The first-order valence-corrected chi connectivity index (χ1v) is 14.5. The van der Waals surface area contributed by atoms with E-state index in [4.69, 9.17) is 4.74 Å². The molecule has 5 rings (SSSR count). The number of thioether (sulfide) groups is 1. The number of nitrogens with one attached hydrogen (secondary N) is 2. The van der Waals surface area contributed by atoms with Gasteiger partial charge in [0.1, 0.15) is 12.4 Å². The summed E-state index contributed by atoms with van der Waals surface area (Å²) in [5, 5.41) is 17.2. The van der Waals surface area contributed by atoms with Crippen molar-refractivity contribution in [3.63, 3.8) is 0 Å². The Labute approximate surface area is 239 Å². The highest BCUT2D eigenvalue weighted by Gasteiger charge is 2.37. The van der Waals surface area contributed by atoms with Crippen molar-refractivity contribution in [3.05, 3.63) is 117 Å². The summed E-state index contributed by atoms with van der Waals surface area (Å²) in [6, 6.07) is 27.7. The van der Waals surface area contributed by atoms with Crippen LogP contribution in [0.3, 0.4) is 0 Å². The molecule has 2 aliphatic rings. The van der Waals surface area contributed by atoms with Crippen LogP contribution in [0, 0.1) is 11.3 Å². The molecule has 0 saturated heterocycles. The second-order valence-corrected chi connectivity index (χ2v) is 10.8. The zero-order valence-electron chi connectivity index (χ0n) is 22.4. The first-order chi connectivity index (χ1) is 19.6. The summed E-state index contributed by atoms with van der Waals surface area (Å²) in [7, 11) is 0. The Bertz CT molecular complexity index is 1490. The third-order valence-corrected chi connectivity index (χ3v) is 8.14. The molecule has 40 heavy (non-hydrogen) atoms. The minimum Gasteiger partial charge on any atom is -0.489 e. The van der Waals surface area contributed by atoms with E-state index in [1.807, 2.05) is 78.9 Å². The lowest BCUT2D eigenvalue weighted by atomic mass is 9.77. The van der Waals surface area contributed by atoms with Crippen LogP contribution in [-0.4, -0.2) is 17.4 Å². The van der Waals surface area contributed by atoms with Gasteiger partial charge in [-0.05, 0) is 60.2 Å². The van der Waals surface area contributed by atoms with E-state index in [1.54, 1.807) is 0 Å². The van der Waals surface area contributed by atoms with Crippen LogP contribution in [0.2, 0.25) is 0 Å². The molecule has 0 aromatic heterocycles. The number of ether oxygens (including phenoxy) is 1. The maximum atomic E-state index is 13.1. The molecule has 3 aromatic carbocycles. The van der Waals surface area contributed by atoms with Gasteiger partial charge in [-0.1, -0.05) is 73.3 Å². The molecule has 1 atom stereocenters. The van der Waals surface area contributed by atoms with Crippen molar-refractivity contribution >= 4 is 29.1 Å². The van der Waals surface area contributed by atoms with Crippen LogP contribution in [-0.2, 0) is 22.6 Å². The quantitative estimate of drug-likeness (QED) is 0.311. The highest BCUT2D eigenvalue weighted by atomic mass is 32.2. The van der Waals surface area contributed by atoms with E-state index in [0.29, 0.717) is 35.0 Å². The molecule has 202 valence electrons. The number of nitriles is 1. The second kappa shape index (κ2) is 12.7. The Morgan fingerprint density at radius 2 is 1.77 bits per heavy atom. The van der Waals surface area contributed by atoms with Gasteiger partial charge in [0.05, 0.1) is 28.3 Å². The predicted molar refractivity (Wildman–Crippen MR) is 159 cm³/mol. The van der Waals surface area contributed by atoms with Crippen LogP contribution < -0.4 is 15.4 Å². The summed E-state index contributed by atoms with van der Waals surface area (Å²) < 4.78 is 5.95. The van der Waals surface area contributed by atoms with Crippen LogP contribution in [0.15, 0.2) is 101 Å². The summed E-state index contributed by atoms with van der Waals surface area (Å²) in [5.41, 5.74) is 5.84. The molecule has 6 nitrogen and oxygen atoms in total. The molecule has 2 N–H and O–H groups in total. The first kappa shape index (κ1) is 27.3. The Kier molecular flexibility index (Phi) is 8.68. The number of nitrogens with zero attached hydrogens (tertiary/aromatic N) is 1. The molecule has 0 spiro atoms. The minimum absolute atomic E-state index is 0.0632.